The van der Waals surface area contributed by atoms with E-state index in [0.717, 1.165) is 10.1 Å². The number of amides is 1. The van der Waals surface area contributed by atoms with Crippen molar-refractivity contribution in [3.8, 4) is 0 Å². The predicted octanol–water partition coefficient (Wildman–Crippen LogP) is 5.23. The van der Waals surface area contributed by atoms with Crippen LogP contribution in [0.1, 0.15) is 33.3 Å². The predicted molar refractivity (Wildman–Crippen MR) is 132 cm³/mol. The van der Waals surface area contributed by atoms with Crippen molar-refractivity contribution >= 4 is 56.5 Å². The maximum atomic E-state index is 13.2. The molecule has 1 aromatic rings. The summed E-state index contributed by atoms with van der Waals surface area (Å²) in [5.41, 5.74) is 1.18. The molecule has 2 heterocycles. The monoisotopic (exact) mass is 590 g/mol. The molecule has 7 heteroatoms. The molecule has 1 aromatic carbocycles. The van der Waals surface area contributed by atoms with Crippen LogP contribution < -0.4 is 0 Å². The summed E-state index contributed by atoms with van der Waals surface area (Å²) in [5, 5.41) is 1.14. The Morgan fingerprint density at radius 1 is 1.31 bits per heavy atom. The van der Waals surface area contributed by atoms with Gasteiger partial charge in [-0.2, -0.15) is 0 Å². The fourth-order valence-corrected chi connectivity index (χ4v) is 7.86. The maximum absolute atomic E-state index is 13.2. The van der Waals surface area contributed by atoms with Crippen molar-refractivity contribution in [2.45, 2.75) is 69.8 Å². The van der Waals surface area contributed by atoms with Gasteiger partial charge in [-0.05, 0) is 0 Å². The molecule has 0 saturated carbocycles. The molecule has 2 aliphatic heterocycles. The fourth-order valence-electron chi connectivity index (χ4n) is 3.43. The number of β-lactam (4-membered cyclic amide) rings is 1. The average Bonchev–Trinajstić information content (AvgIpc) is 2.76. The van der Waals surface area contributed by atoms with Gasteiger partial charge in [0.1, 0.15) is 0 Å². The van der Waals surface area contributed by atoms with E-state index in [0.29, 0.717) is 6.54 Å². The molecule has 1 saturated heterocycles. The van der Waals surface area contributed by atoms with Gasteiger partial charge in [0.25, 0.3) is 0 Å². The van der Waals surface area contributed by atoms with Crippen LogP contribution >= 0.6 is 22.6 Å². The normalized spacial score (nSPS) is 25.2. The van der Waals surface area contributed by atoms with Crippen LogP contribution in [0, 0.1) is 5.92 Å². The summed E-state index contributed by atoms with van der Waals surface area (Å²) < 4.78 is 8.91. The molecule has 0 aliphatic carbocycles. The summed E-state index contributed by atoms with van der Waals surface area (Å²) in [5.74, 6) is 0.0713. The van der Waals surface area contributed by atoms with Crippen molar-refractivity contribution in [1.29, 1.82) is 0 Å². The number of halogens is 1. The van der Waals surface area contributed by atoms with E-state index in [1.54, 1.807) is 0 Å². The molecule has 3 rings (SSSR count). The van der Waals surface area contributed by atoms with Gasteiger partial charge in [-0.25, -0.2) is 0 Å². The molecule has 1 fully saturated rings. The van der Waals surface area contributed by atoms with Crippen molar-refractivity contribution in [2.75, 3.05) is 0 Å². The van der Waals surface area contributed by atoms with Crippen LogP contribution in [0.5, 0.6) is 0 Å². The van der Waals surface area contributed by atoms with E-state index < -0.39 is 8.32 Å². The standard InChI is InChI=1S/C22H31IN2O2SeSi/c1-15(27-29(5,6)22(2,3)4)19-18-12-17(23)14-28-21(25(18)20(19)26)24-13-16-10-8-7-9-11-16/h7-12,15,18-19H,13-14H2,1-6H3/t15-,18-,19-/m1/s1. The molecule has 3 atom stereocenters. The third-order valence-corrected chi connectivity index (χ3v) is 14.8. The van der Waals surface area contributed by atoms with Gasteiger partial charge in [-0.3, -0.25) is 0 Å². The number of hydrogen-bond acceptors (Lipinski definition) is 3. The Labute approximate surface area is 196 Å². The Morgan fingerprint density at radius 3 is 2.59 bits per heavy atom. The Morgan fingerprint density at radius 2 is 1.97 bits per heavy atom. The molecule has 4 nitrogen and oxygen atoms in total. The molecule has 158 valence electrons. The second-order valence-corrected chi connectivity index (χ2v) is 17.4. The number of nitrogens with zero attached hydrogens (tertiary/aromatic N) is 2. The Hall–Kier alpha value is -0.474. The van der Waals surface area contributed by atoms with Gasteiger partial charge in [0.2, 0.25) is 0 Å². The summed E-state index contributed by atoms with van der Waals surface area (Å²) >= 11 is 2.61. The Bertz CT molecular complexity index is 820. The van der Waals surface area contributed by atoms with Crippen LogP contribution in [0.2, 0.25) is 23.5 Å². The van der Waals surface area contributed by atoms with Crippen LogP contribution in [-0.2, 0) is 15.8 Å². The summed E-state index contributed by atoms with van der Waals surface area (Å²) in [4.78, 5) is 20.0. The molecule has 29 heavy (non-hydrogen) atoms. The van der Waals surface area contributed by atoms with E-state index in [-0.39, 0.29) is 44.0 Å². The summed E-state index contributed by atoms with van der Waals surface area (Å²) in [7, 11) is -1.92. The number of aliphatic imine (C=N–C) groups is 1. The summed E-state index contributed by atoms with van der Waals surface area (Å²) in [6.07, 6.45) is 2.19. The van der Waals surface area contributed by atoms with E-state index in [4.69, 9.17) is 9.42 Å². The zero-order chi connectivity index (χ0) is 21.4. The molecular weight excluding hydrogens is 558 g/mol. The van der Waals surface area contributed by atoms with Gasteiger partial charge >= 0.3 is 197 Å². The Kier molecular flexibility index (Phi) is 7.16. The molecule has 0 bridgehead atoms. The first-order chi connectivity index (χ1) is 13.5. The van der Waals surface area contributed by atoms with E-state index in [2.05, 4.69) is 81.6 Å². The molecule has 0 unspecified atom stereocenters. The van der Waals surface area contributed by atoms with Gasteiger partial charge in [-0.1, -0.05) is 0 Å². The number of allylic oxidation sites excluding steroid dienone is 1. The van der Waals surface area contributed by atoms with E-state index in [9.17, 15) is 4.79 Å². The number of benzene rings is 1. The molecular formula is C22H31IN2O2SeSi. The fraction of sp³-hybridized carbons (Fsp3) is 0.545. The molecule has 0 spiro atoms. The first-order valence-corrected chi connectivity index (χ1v) is 16.1. The van der Waals surface area contributed by atoms with Crippen molar-refractivity contribution in [1.82, 2.24) is 4.90 Å². The van der Waals surface area contributed by atoms with Crippen LogP contribution in [-0.4, -0.2) is 51.0 Å². The van der Waals surface area contributed by atoms with Gasteiger partial charge in [0.05, 0.1) is 0 Å². The van der Waals surface area contributed by atoms with Crippen LogP contribution in [0.15, 0.2) is 45.0 Å². The zero-order valence-corrected chi connectivity index (χ0v) is 23.0. The van der Waals surface area contributed by atoms with Crippen molar-refractivity contribution in [3.05, 3.63) is 45.6 Å². The number of carbonyl (C=O) groups excluding carboxylic acids is 1. The molecule has 0 aromatic heterocycles. The molecule has 0 radical (unpaired) electrons. The van der Waals surface area contributed by atoms with Crippen molar-refractivity contribution in [3.63, 3.8) is 0 Å². The minimum absolute atomic E-state index is 0.0769. The van der Waals surface area contributed by atoms with E-state index in [1.807, 2.05) is 23.1 Å². The van der Waals surface area contributed by atoms with Crippen molar-refractivity contribution in [2.24, 2.45) is 10.9 Å². The molecule has 1 amide bonds. The molecule has 2 aliphatic rings. The van der Waals surface area contributed by atoms with Gasteiger partial charge in [-0.15, -0.1) is 0 Å². The first-order valence-electron chi connectivity index (χ1n) is 10.1. The number of carbonyl (C=O) groups is 1. The average molecular weight is 589 g/mol. The molecule has 0 N–H and O–H groups in total. The third-order valence-electron chi connectivity index (χ3n) is 6.12. The van der Waals surface area contributed by atoms with Gasteiger partial charge in [0.15, 0.2) is 0 Å². The Balaban J connectivity index is 1.79. The van der Waals surface area contributed by atoms with Gasteiger partial charge in [0, 0.05) is 0 Å². The number of amidine groups is 1. The van der Waals surface area contributed by atoms with Crippen LogP contribution in [0.4, 0.5) is 0 Å². The number of fused-ring (bicyclic) bond motifs is 1. The quantitative estimate of drug-likeness (QED) is 0.268. The second-order valence-electron chi connectivity index (χ2n) is 9.29. The van der Waals surface area contributed by atoms with Crippen LogP contribution in [0.3, 0.4) is 0 Å². The zero-order valence-electron chi connectivity index (χ0n) is 18.1. The minimum atomic E-state index is -1.92. The summed E-state index contributed by atoms with van der Waals surface area (Å²) in [6, 6.07) is 10.3. The van der Waals surface area contributed by atoms with Crippen molar-refractivity contribution < 1.29 is 9.22 Å². The topological polar surface area (TPSA) is 41.9 Å². The first kappa shape index (κ1) is 23.2. The second kappa shape index (κ2) is 8.95. The van der Waals surface area contributed by atoms with Crippen LogP contribution in [0.25, 0.3) is 0 Å². The third kappa shape index (κ3) is 5.06. The number of rotatable bonds is 5. The van der Waals surface area contributed by atoms with E-state index in [1.165, 1.54) is 9.14 Å². The SMILES string of the molecule is C[C@@H](O[Si](C)(C)C(C)(C)C)[C@H]1C(=O)N2C(=NCc3ccccc3)[Se]CC(I)=C[C@H]12. The van der Waals surface area contributed by atoms with E-state index >= 15 is 0 Å². The summed E-state index contributed by atoms with van der Waals surface area (Å²) in [6.45, 7) is 14.0. The number of hydrogen-bond donors (Lipinski definition) is 0. The van der Waals surface area contributed by atoms with Gasteiger partial charge < -0.3 is 0 Å².